The molecular weight excluding hydrogens is 259 g/mol. The average Bonchev–Trinajstić information content (AvgIpc) is 2.14. The van der Waals surface area contributed by atoms with Crippen molar-refractivity contribution in [3.05, 3.63) is 0 Å². The van der Waals surface area contributed by atoms with Gasteiger partial charge < -0.3 is 14.9 Å². The number of carbonyl (C=O) groups is 1. The van der Waals surface area contributed by atoms with Crippen LogP contribution in [0.2, 0.25) is 0 Å². The first-order valence-electron chi connectivity index (χ1n) is 4.81. The van der Waals surface area contributed by atoms with Crippen LogP contribution in [0.15, 0.2) is 0 Å². The molecule has 9 heteroatoms. The summed E-state index contributed by atoms with van der Waals surface area (Å²) in [6.45, 7) is -0.707. The highest BCUT2D eigenvalue weighted by Gasteiger charge is 2.52. The first kappa shape index (κ1) is 14.3. The highest BCUT2D eigenvalue weighted by atomic mass is 32.2. The third-order valence-corrected chi connectivity index (χ3v) is 3.70. The Labute approximate surface area is 96.9 Å². The van der Waals surface area contributed by atoms with Crippen LogP contribution in [-0.4, -0.2) is 47.6 Å². The quantitative estimate of drug-likeness (QED) is 0.442. The number of carbonyl (C=O) groups excluding carboxylic acids is 1. The maximum atomic E-state index is 13.0. The summed E-state index contributed by atoms with van der Waals surface area (Å²) in [6.07, 6.45) is 1.90. The van der Waals surface area contributed by atoms with Gasteiger partial charge in [0.1, 0.15) is 0 Å². The van der Waals surface area contributed by atoms with Gasteiger partial charge in [-0.3, -0.25) is 4.55 Å². The standard InChI is InChI=1S/C8H13FO7S/c9-8(12,17(13,14)15)6(11)16-5-7(4-10)2-1-3-7/h10,12H,1-5H2,(H,13,14,15). The molecule has 0 aromatic rings. The smallest absolute Gasteiger partial charge is 0.431 e. The topological polar surface area (TPSA) is 121 Å². The lowest BCUT2D eigenvalue weighted by atomic mass is 9.70. The van der Waals surface area contributed by atoms with E-state index in [1.807, 2.05) is 0 Å². The van der Waals surface area contributed by atoms with E-state index in [0.29, 0.717) is 12.8 Å². The zero-order valence-corrected chi connectivity index (χ0v) is 9.61. The molecule has 1 saturated carbocycles. The number of esters is 1. The van der Waals surface area contributed by atoms with Gasteiger partial charge in [-0.15, -0.1) is 0 Å². The normalized spacial score (nSPS) is 22.4. The van der Waals surface area contributed by atoms with Crippen LogP contribution in [0, 0.1) is 5.41 Å². The zero-order chi connectivity index (χ0) is 13.3. The number of halogens is 1. The van der Waals surface area contributed by atoms with Crippen LogP contribution < -0.4 is 0 Å². The molecule has 3 N–H and O–H groups in total. The average molecular weight is 272 g/mol. The zero-order valence-electron chi connectivity index (χ0n) is 8.80. The summed E-state index contributed by atoms with van der Waals surface area (Å²) in [7, 11) is -5.61. The van der Waals surface area contributed by atoms with E-state index in [1.165, 1.54) is 0 Å². The third kappa shape index (κ3) is 2.73. The molecule has 0 saturated heterocycles. The Balaban J connectivity index is 2.62. The van der Waals surface area contributed by atoms with E-state index in [9.17, 15) is 17.6 Å². The first-order valence-corrected chi connectivity index (χ1v) is 6.25. The molecule has 0 heterocycles. The minimum atomic E-state index is -5.61. The second-order valence-electron chi connectivity index (χ2n) is 4.12. The van der Waals surface area contributed by atoms with Gasteiger partial charge in [-0.2, -0.15) is 12.8 Å². The third-order valence-electron chi connectivity index (χ3n) is 2.85. The van der Waals surface area contributed by atoms with Crippen molar-refractivity contribution in [1.82, 2.24) is 0 Å². The SMILES string of the molecule is O=C(OCC1(CO)CCC1)C(O)(F)S(=O)(=O)O. The Morgan fingerprint density at radius 1 is 1.47 bits per heavy atom. The molecule has 0 spiro atoms. The van der Waals surface area contributed by atoms with Crippen LogP contribution in [0.25, 0.3) is 0 Å². The molecular formula is C8H13FO7S. The van der Waals surface area contributed by atoms with Gasteiger partial charge in [0, 0.05) is 5.41 Å². The second-order valence-corrected chi connectivity index (χ2v) is 5.62. The molecule has 1 fully saturated rings. The number of alkyl halides is 1. The molecule has 7 nitrogen and oxygen atoms in total. The number of ether oxygens (including phenoxy) is 1. The monoisotopic (exact) mass is 272 g/mol. The predicted octanol–water partition coefficient (Wildman–Crippen LogP) is -0.804. The van der Waals surface area contributed by atoms with Crippen molar-refractivity contribution in [3.8, 4) is 0 Å². The molecule has 0 radical (unpaired) electrons. The summed E-state index contributed by atoms with van der Waals surface area (Å²) < 4.78 is 46.2. The van der Waals surface area contributed by atoms with Crippen LogP contribution in [0.1, 0.15) is 19.3 Å². The second kappa shape index (κ2) is 4.48. The minimum absolute atomic E-state index is 0.295. The van der Waals surface area contributed by atoms with E-state index in [4.69, 9.17) is 14.8 Å². The number of hydrogen-bond acceptors (Lipinski definition) is 6. The number of aliphatic hydroxyl groups is 2. The van der Waals surface area contributed by atoms with Gasteiger partial charge in [-0.05, 0) is 12.8 Å². The minimum Gasteiger partial charge on any atom is -0.460 e. The molecule has 0 aromatic carbocycles. The molecule has 0 aliphatic heterocycles. The Morgan fingerprint density at radius 2 is 2.00 bits per heavy atom. The van der Waals surface area contributed by atoms with Crippen LogP contribution in [0.4, 0.5) is 4.39 Å². The fourth-order valence-electron chi connectivity index (χ4n) is 1.44. The molecule has 1 rings (SSSR count). The largest absolute Gasteiger partial charge is 0.460 e. The van der Waals surface area contributed by atoms with Crippen molar-refractivity contribution in [2.24, 2.45) is 5.41 Å². The lowest BCUT2D eigenvalue weighted by Crippen LogP contribution is -2.46. The van der Waals surface area contributed by atoms with Gasteiger partial charge in [0.15, 0.2) is 0 Å². The molecule has 0 bridgehead atoms. The van der Waals surface area contributed by atoms with Crippen LogP contribution in [-0.2, 0) is 19.6 Å². The highest BCUT2D eigenvalue weighted by Crippen LogP contribution is 2.40. The Kier molecular flexibility index (Phi) is 3.77. The van der Waals surface area contributed by atoms with Gasteiger partial charge in [0.2, 0.25) is 0 Å². The fraction of sp³-hybridized carbons (Fsp3) is 0.875. The summed E-state index contributed by atoms with van der Waals surface area (Å²) >= 11 is 0. The van der Waals surface area contributed by atoms with Crippen molar-refractivity contribution in [2.45, 2.75) is 24.4 Å². The van der Waals surface area contributed by atoms with E-state index in [1.54, 1.807) is 0 Å². The van der Waals surface area contributed by atoms with Gasteiger partial charge in [-0.1, -0.05) is 6.42 Å². The predicted molar refractivity (Wildman–Crippen MR) is 51.9 cm³/mol. The van der Waals surface area contributed by atoms with Crippen molar-refractivity contribution < 1.29 is 37.1 Å². The van der Waals surface area contributed by atoms with Gasteiger partial charge in [0.05, 0.1) is 13.2 Å². The summed E-state index contributed by atoms with van der Waals surface area (Å²) in [4.78, 5) is 10.9. The molecule has 0 amide bonds. The van der Waals surface area contributed by atoms with E-state index in [2.05, 4.69) is 4.74 Å². The van der Waals surface area contributed by atoms with Crippen molar-refractivity contribution >= 4 is 16.1 Å². The Hall–Kier alpha value is -0.770. The lowest BCUT2D eigenvalue weighted by molar-refractivity contribution is -0.177. The van der Waals surface area contributed by atoms with Crippen LogP contribution >= 0.6 is 0 Å². The molecule has 17 heavy (non-hydrogen) atoms. The van der Waals surface area contributed by atoms with Crippen molar-refractivity contribution in [3.63, 3.8) is 0 Å². The summed E-state index contributed by atoms with van der Waals surface area (Å²) in [5.41, 5.74) is -0.703. The number of aliphatic hydroxyl groups excluding tert-OH is 1. The molecule has 1 atom stereocenters. The van der Waals surface area contributed by atoms with Crippen LogP contribution in [0.5, 0.6) is 0 Å². The Morgan fingerprint density at radius 3 is 2.29 bits per heavy atom. The Bertz CT molecular complexity index is 393. The number of rotatable bonds is 5. The van der Waals surface area contributed by atoms with E-state index < -0.39 is 33.3 Å². The summed E-state index contributed by atoms with van der Waals surface area (Å²) in [6, 6.07) is 0. The van der Waals surface area contributed by atoms with E-state index in [0.717, 1.165) is 6.42 Å². The van der Waals surface area contributed by atoms with E-state index >= 15 is 0 Å². The summed E-state index contributed by atoms with van der Waals surface area (Å²) in [5, 5.41) is 13.2. The molecule has 1 aliphatic rings. The van der Waals surface area contributed by atoms with Gasteiger partial charge in [0.25, 0.3) is 0 Å². The lowest BCUT2D eigenvalue weighted by Gasteiger charge is -2.39. The van der Waals surface area contributed by atoms with Crippen LogP contribution in [0.3, 0.4) is 0 Å². The maximum Gasteiger partial charge on any atom is 0.431 e. The molecule has 1 aliphatic carbocycles. The first-order chi connectivity index (χ1) is 7.65. The maximum absolute atomic E-state index is 13.0. The fourth-order valence-corrected chi connectivity index (χ4v) is 1.71. The molecule has 100 valence electrons. The molecule has 1 unspecified atom stereocenters. The highest BCUT2D eigenvalue weighted by molar-refractivity contribution is 7.87. The van der Waals surface area contributed by atoms with E-state index in [-0.39, 0.29) is 6.61 Å². The van der Waals surface area contributed by atoms with Crippen molar-refractivity contribution in [2.75, 3.05) is 13.2 Å². The van der Waals surface area contributed by atoms with Gasteiger partial charge >= 0.3 is 21.3 Å². The van der Waals surface area contributed by atoms with Crippen molar-refractivity contribution in [1.29, 1.82) is 0 Å². The molecule has 0 aromatic heterocycles. The van der Waals surface area contributed by atoms with Gasteiger partial charge in [-0.25, -0.2) is 4.79 Å². The number of hydrogen-bond donors (Lipinski definition) is 3. The summed E-state index contributed by atoms with van der Waals surface area (Å²) in [5.74, 6) is -2.11.